The van der Waals surface area contributed by atoms with E-state index in [9.17, 15) is 4.79 Å². The SMILES string of the molecule is CCN(C(=O)C(C)n1cccn1)C1CCC(N)CC1. The van der Waals surface area contributed by atoms with E-state index >= 15 is 0 Å². The zero-order chi connectivity index (χ0) is 13.8. The minimum atomic E-state index is -0.231. The van der Waals surface area contributed by atoms with Gasteiger partial charge in [0.1, 0.15) is 6.04 Å². The summed E-state index contributed by atoms with van der Waals surface area (Å²) < 4.78 is 1.72. The molecule has 1 aliphatic carbocycles. The number of likely N-dealkylation sites (N-methyl/N-ethyl adjacent to an activating group) is 1. The number of amides is 1. The summed E-state index contributed by atoms with van der Waals surface area (Å²) in [6.45, 7) is 4.71. The van der Waals surface area contributed by atoms with Crippen molar-refractivity contribution in [1.82, 2.24) is 14.7 Å². The normalized spacial score (nSPS) is 25.0. The number of carbonyl (C=O) groups is 1. The summed E-state index contributed by atoms with van der Waals surface area (Å²) in [5, 5.41) is 4.16. The fourth-order valence-electron chi connectivity index (χ4n) is 2.87. The predicted molar refractivity (Wildman–Crippen MR) is 74.6 cm³/mol. The van der Waals surface area contributed by atoms with Gasteiger partial charge in [-0.1, -0.05) is 0 Å². The van der Waals surface area contributed by atoms with Gasteiger partial charge in [-0.25, -0.2) is 0 Å². The van der Waals surface area contributed by atoms with Crippen LogP contribution in [-0.4, -0.2) is 39.2 Å². The van der Waals surface area contributed by atoms with Crippen molar-refractivity contribution in [3.05, 3.63) is 18.5 Å². The molecule has 19 heavy (non-hydrogen) atoms. The fraction of sp³-hybridized carbons (Fsp3) is 0.714. The lowest BCUT2D eigenvalue weighted by Gasteiger charge is -2.36. The van der Waals surface area contributed by atoms with Crippen LogP contribution in [0.4, 0.5) is 0 Å². The van der Waals surface area contributed by atoms with E-state index in [1.54, 1.807) is 10.9 Å². The molecule has 106 valence electrons. The summed E-state index contributed by atoms with van der Waals surface area (Å²) in [6.07, 6.45) is 7.63. The molecule has 0 saturated heterocycles. The van der Waals surface area contributed by atoms with Crippen LogP contribution < -0.4 is 5.73 Å². The van der Waals surface area contributed by atoms with E-state index in [1.807, 2.05) is 31.0 Å². The van der Waals surface area contributed by atoms with E-state index < -0.39 is 0 Å². The van der Waals surface area contributed by atoms with Crippen LogP contribution >= 0.6 is 0 Å². The van der Waals surface area contributed by atoms with Crippen LogP contribution in [0.25, 0.3) is 0 Å². The van der Waals surface area contributed by atoms with Gasteiger partial charge in [0.2, 0.25) is 5.91 Å². The Morgan fingerprint density at radius 2 is 2.16 bits per heavy atom. The van der Waals surface area contributed by atoms with Gasteiger partial charge < -0.3 is 10.6 Å². The molecule has 1 saturated carbocycles. The minimum absolute atomic E-state index is 0.159. The number of hydrogen-bond acceptors (Lipinski definition) is 3. The zero-order valence-corrected chi connectivity index (χ0v) is 11.8. The molecule has 0 radical (unpaired) electrons. The van der Waals surface area contributed by atoms with Crippen LogP contribution in [0.3, 0.4) is 0 Å². The highest BCUT2D eigenvalue weighted by atomic mass is 16.2. The van der Waals surface area contributed by atoms with Gasteiger partial charge in [-0.15, -0.1) is 0 Å². The van der Waals surface area contributed by atoms with Crippen molar-refractivity contribution in [1.29, 1.82) is 0 Å². The quantitative estimate of drug-likeness (QED) is 0.897. The Hall–Kier alpha value is -1.36. The summed E-state index contributed by atoms with van der Waals surface area (Å²) in [5.41, 5.74) is 5.93. The average molecular weight is 264 g/mol. The minimum Gasteiger partial charge on any atom is -0.338 e. The van der Waals surface area contributed by atoms with Gasteiger partial charge in [0.15, 0.2) is 0 Å². The Morgan fingerprint density at radius 3 is 2.68 bits per heavy atom. The molecule has 5 heteroatoms. The fourth-order valence-corrected chi connectivity index (χ4v) is 2.87. The first-order chi connectivity index (χ1) is 9.13. The third-order valence-corrected chi connectivity index (χ3v) is 4.08. The van der Waals surface area contributed by atoms with E-state index in [0.717, 1.165) is 32.2 Å². The van der Waals surface area contributed by atoms with Gasteiger partial charge in [0, 0.05) is 31.0 Å². The number of nitrogens with two attached hydrogens (primary N) is 1. The highest BCUT2D eigenvalue weighted by Gasteiger charge is 2.29. The summed E-state index contributed by atoms with van der Waals surface area (Å²) in [4.78, 5) is 14.6. The first-order valence-corrected chi connectivity index (χ1v) is 7.18. The van der Waals surface area contributed by atoms with Crippen LogP contribution in [0.2, 0.25) is 0 Å². The maximum Gasteiger partial charge on any atom is 0.247 e. The number of hydrogen-bond donors (Lipinski definition) is 1. The van der Waals surface area contributed by atoms with Crippen LogP contribution in [0.5, 0.6) is 0 Å². The van der Waals surface area contributed by atoms with Crippen molar-refractivity contribution < 1.29 is 4.79 Å². The van der Waals surface area contributed by atoms with Gasteiger partial charge in [0.25, 0.3) is 0 Å². The van der Waals surface area contributed by atoms with Crippen LogP contribution in [-0.2, 0) is 4.79 Å². The molecule has 0 aromatic carbocycles. The molecule has 1 aromatic rings. The molecular formula is C14H24N4O. The van der Waals surface area contributed by atoms with Crippen molar-refractivity contribution in [2.45, 2.75) is 57.7 Å². The Morgan fingerprint density at radius 1 is 1.47 bits per heavy atom. The zero-order valence-electron chi connectivity index (χ0n) is 11.8. The molecule has 2 N–H and O–H groups in total. The van der Waals surface area contributed by atoms with Crippen molar-refractivity contribution in [3.63, 3.8) is 0 Å². The van der Waals surface area contributed by atoms with Gasteiger partial charge in [-0.05, 0) is 45.6 Å². The number of aromatic nitrogens is 2. The maximum atomic E-state index is 12.6. The van der Waals surface area contributed by atoms with Gasteiger partial charge >= 0.3 is 0 Å². The Labute approximate surface area is 114 Å². The first-order valence-electron chi connectivity index (χ1n) is 7.18. The van der Waals surface area contributed by atoms with Crippen molar-refractivity contribution in [2.24, 2.45) is 5.73 Å². The Bertz CT molecular complexity index is 396. The molecule has 1 unspecified atom stereocenters. The molecule has 0 bridgehead atoms. The monoisotopic (exact) mass is 264 g/mol. The van der Waals surface area contributed by atoms with Crippen molar-refractivity contribution in [3.8, 4) is 0 Å². The van der Waals surface area contributed by atoms with E-state index in [-0.39, 0.29) is 11.9 Å². The van der Waals surface area contributed by atoms with Gasteiger partial charge in [0.05, 0.1) is 0 Å². The first kappa shape index (κ1) is 14.1. The Kier molecular flexibility index (Phi) is 4.58. The van der Waals surface area contributed by atoms with E-state index in [2.05, 4.69) is 5.10 Å². The smallest absolute Gasteiger partial charge is 0.247 e. The number of nitrogens with zero attached hydrogens (tertiary/aromatic N) is 3. The second-order valence-corrected chi connectivity index (χ2v) is 5.35. The molecular weight excluding hydrogens is 240 g/mol. The summed E-state index contributed by atoms with van der Waals surface area (Å²) in [7, 11) is 0. The van der Waals surface area contributed by atoms with E-state index in [1.165, 1.54) is 0 Å². The number of carbonyl (C=O) groups excluding carboxylic acids is 1. The molecule has 2 rings (SSSR count). The molecule has 1 atom stereocenters. The topological polar surface area (TPSA) is 64.2 Å². The second-order valence-electron chi connectivity index (χ2n) is 5.35. The van der Waals surface area contributed by atoms with Gasteiger partial charge in [-0.3, -0.25) is 9.48 Å². The maximum absolute atomic E-state index is 12.6. The van der Waals surface area contributed by atoms with E-state index in [4.69, 9.17) is 5.73 Å². The largest absolute Gasteiger partial charge is 0.338 e. The standard InChI is InChI=1S/C14H24N4O/c1-3-17(13-7-5-12(15)6-8-13)14(19)11(2)18-10-4-9-16-18/h4,9-13H,3,5-8,15H2,1-2H3. The molecule has 0 spiro atoms. The lowest BCUT2D eigenvalue weighted by Crippen LogP contribution is -2.46. The molecule has 1 aliphatic rings. The van der Waals surface area contributed by atoms with Crippen LogP contribution in [0.1, 0.15) is 45.6 Å². The molecule has 5 nitrogen and oxygen atoms in total. The van der Waals surface area contributed by atoms with Crippen molar-refractivity contribution in [2.75, 3.05) is 6.54 Å². The molecule has 1 amide bonds. The average Bonchev–Trinajstić information content (AvgIpc) is 2.94. The van der Waals surface area contributed by atoms with E-state index in [0.29, 0.717) is 12.1 Å². The molecule has 1 fully saturated rings. The highest BCUT2D eigenvalue weighted by molar-refractivity contribution is 5.80. The predicted octanol–water partition coefficient (Wildman–Crippen LogP) is 1.56. The molecule has 1 aromatic heterocycles. The number of rotatable bonds is 4. The lowest BCUT2D eigenvalue weighted by atomic mass is 9.90. The third kappa shape index (κ3) is 3.15. The second kappa shape index (κ2) is 6.19. The van der Waals surface area contributed by atoms with Gasteiger partial charge in [-0.2, -0.15) is 5.10 Å². The molecule has 0 aliphatic heterocycles. The summed E-state index contributed by atoms with van der Waals surface area (Å²) >= 11 is 0. The highest BCUT2D eigenvalue weighted by Crippen LogP contribution is 2.24. The van der Waals surface area contributed by atoms with Crippen LogP contribution in [0.15, 0.2) is 18.5 Å². The summed E-state index contributed by atoms with van der Waals surface area (Å²) in [6, 6.07) is 2.27. The van der Waals surface area contributed by atoms with Crippen molar-refractivity contribution >= 4 is 5.91 Å². The third-order valence-electron chi connectivity index (χ3n) is 4.08. The summed E-state index contributed by atoms with van der Waals surface area (Å²) in [5.74, 6) is 0.159. The lowest BCUT2D eigenvalue weighted by molar-refractivity contribution is -0.137. The van der Waals surface area contributed by atoms with Crippen LogP contribution in [0, 0.1) is 0 Å². The Balaban J connectivity index is 2.02. The molecule has 1 heterocycles.